The molecule has 0 unspecified atom stereocenters. The molecule has 2 aromatic carbocycles. The second-order valence-corrected chi connectivity index (χ2v) is 9.55. The number of amides is 1. The summed E-state index contributed by atoms with van der Waals surface area (Å²) in [5.41, 5.74) is 8.99. The van der Waals surface area contributed by atoms with Crippen LogP contribution in [-0.2, 0) is 13.1 Å². The molecule has 35 heavy (non-hydrogen) atoms. The zero-order chi connectivity index (χ0) is 24.3. The Balaban J connectivity index is 1.51. The molecule has 2 aliphatic heterocycles. The number of likely N-dealkylation sites (tertiary alicyclic amines) is 1. The van der Waals surface area contributed by atoms with E-state index in [4.69, 9.17) is 27.1 Å². The van der Waals surface area contributed by atoms with Crippen LogP contribution >= 0.6 is 11.6 Å². The highest BCUT2D eigenvalue weighted by Gasteiger charge is 2.28. The van der Waals surface area contributed by atoms with Gasteiger partial charge in [0, 0.05) is 30.1 Å². The maximum atomic E-state index is 13.6. The topological polar surface area (TPSA) is 78.3 Å². The first-order valence-corrected chi connectivity index (χ1v) is 12.1. The molecule has 6 rings (SSSR count). The van der Waals surface area contributed by atoms with E-state index in [1.54, 1.807) is 29.2 Å². The standard InChI is InChI=1S/C25H24ClF2N5O2/c26-17-5-1-3-14-10-19(33(22(14)17)13-21(27)28)24-30-18-9-15(11-20-23(18)32(24)7-8-35-20)25(34)31-6-2-4-16(29)12-31/h1,3,5,9-11,16,21H,2,4,6-8,12-13,29H2/t16-/m1/s1. The SMILES string of the molecule is N[C@@H]1CCCN(C(=O)c2cc3c4c(c2)nc(-c2cc5cccc(Cl)c5n2CC(F)F)n4CCO3)C1. The van der Waals surface area contributed by atoms with Crippen molar-refractivity contribution in [2.75, 3.05) is 19.7 Å². The Kier molecular flexibility index (Phi) is 5.41. The third-order valence-electron chi connectivity index (χ3n) is 6.79. The fourth-order valence-corrected chi connectivity index (χ4v) is 5.58. The molecule has 1 amide bonds. The lowest BCUT2D eigenvalue weighted by atomic mass is 10.0. The molecule has 0 radical (unpaired) electrons. The number of hydrogen-bond donors (Lipinski definition) is 1. The van der Waals surface area contributed by atoms with Crippen molar-refractivity contribution in [3.05, 3.63) is 47.0 Å². The van der Waals surface area contributed by atoms with E-state index in [1.807, 2.05) is 16.7 Å². The summed E-state index contributed by atoms with van der Waals surface area (Å²) in [7, 11) is 0. The summed E-state index contributed by atoms with van der Waals surface area (Å²) < 4.78 is 36.6. The first-order chi connectivity index (χ1) is 16.9. The van der Waals surface area contributed by atoms with Crippen LogP contribution < -0.4 is 10.5 Å². The number of fused-ring (bicyclic) bond motifs is 1. The van der Waals surface area contributed by atoms with E-state index in [-0.39, 0.29) is 11.9 Å². The number of ether oxygens (including phenoxy) is 1. The normalized spacial score (nSPS) is 18.0. The maximum Gasteiger partial charge on any atom is 0.256 e. The van der Waals surface area contributed by atoms with E-state index in [2.05, 4.69) is 0 Å². The molecule has 1 atom stereocenters. The molecule has 4 heterocycles. The van der Waals surface area contributed by atoms with Gasteiger partial charge in [-0.3, -0.25) is 4.79 Å². The molecule has 0 saturated carbocycles. The zero-order valence-electron chi connectivity index (χ0n) is 18.9. The van der Waals surface area contributed by atoms with Crippen LogP contribution in [0.25, 0.3) is 33.5 Å². The van der Waals surface area contributed by atoms with Crippen LogP contribution in [0.1, 0.15) is 23.2 Å². The fourth-order valence-electron chi connectivity index (χ4n) is 5.29. The van der Waals surface area contributed by atoms with Gasteiger partial charge in [0.25, 0.3) is 12.3 Å². The number of halogens is 3. The molecular formula is C25H24ClF2N5O2. The first kappa shape index (κ1) is 22.3. The van der Waals surface area contributed by atoms with Gasteiger partial charge in [0.15, 0.2) is 5.82 Å². The summed E-state index contributed by atoms with van der Waals surface area (Å²) in [4.78, 5) is 19.8. The van der Waals surface area contributed by atoms with Gasteiger partial charge in [-0.1, -0.05) is 23.7 Å². The summed E-state index contributed by atoms with van der Waals surface area (Å²) in [5.74, 6) is 0.996. The van der Waals surface area contributed by atoms with Crippen molar-refractivity contribution < 1.29 is 18.3 Å². The van der Waals surface area contributed by atoms with Crippen LogP contribution in [0.2, 0.25) is 5.02 Å². The molecule has 7 nitrogen and oxygen atoms in total. The fraction of sp³-hybridized carbons (Fsp3) is 0.360. The Morgan fingerprint density at radius 2 is 2.09 bits per heavy atom. The Morgan fingerprint density at radius 3 is 2.89 bits per heavy atom. The number of alkyl halides is 2. The monoisotopic (exact) mass is 499 g/mol. The molecule has 2 N–H and O–H groups in total. The van der Waals surface area contributed by atoms with Crippen molar-refractivity contribution in [2.45, 2.75) is 38.4 Å². The number of para-hydroxylation sites is 1. The Labute approximate surface area is 205 Å². The minimum Gasteiger partial charge on any atom is -0.489 e. The molecule has 0 aliphatic carbocycles. The van der Waals surface area contributed by atoms with Gasteiger partial charge < -0.3 is 24.5 Å². The molecule has 4 aromatic rings. The number of piperidine rings is 1. The van der Waals surface area contributed by atoms with E-state index in [0.717, 1.165) is 23.7 Å². The number of aromatic nitrogens is 3. The van der Waals surface area contributed by atoms with Crippen molar-refractivity contribution in [3.8, 4) is 17.3 Å². The third-order valence-corrected chi connectivity index (χ3v) is 7.10. The van der Waals surface area contributed by atoms with Crippen molar-refractivity contribution >= 4 is 39.4 Å². The number of imidazole rings is 1. The van der Waals surface area contributed by atoms with Gasteiger partial charge >= 0.3 is 0 Å². The lowest BCUT2D eigenvalue weighted by molar-refractivity contribution is 0.0708. The van der Waals surface area contributed by atoms with Crippen LogP contribution in [-0.4, -0.2) is 57.1 Å². The van der Waals surface area contributed by atoms with Crippen molar-refractivity contribution in [1.82, 2.24) is 19.0 Å². The number of nitrogens with two attached hydrogens (primary N) is 1. The van der Waals surface area contributed by atoms with Crippen LogP contribution in [0.5, 0.6) is 5.75 Å². The van der Waals surface area contributed by atoms with Gasteiger partial charge in [-0.25, -0.2) is 13.8 Å². The van der Waals surface area contributed by atoms with Gasteiger partial charge in [-0.2, -0.15) is 0 Å². The molecule has 1 saturated heterocycles. The van der Waals surface area contributed by atoms with E-state index in [1.165, 1.54) is 4.57 Å². The van der Waals surface area contributed by atoms with E-state index in [9.17, 15) is 13.6 Å². The van der Waals surface area contributed by atoms with Gasteiger partial charge in [0.05, 0.1) is 34.8 Å². The summed E-state index contributed by atoms with van der Waals surface area (Å²) in [6, 6.07) is 10.6. The van der Waals surface area contributed by atoms with E-state index < -0.39 is 13.0 Å². The minimum absolute atomic E-state index is 0.0274. The number of carbonyl (C=O) groups is 1. The predicted molar refractivity (Wildman–Crippen MR) is 130 cm³/mol. The summed E-state index contributed by atoms with van der Waals surface area (Å²) >= 11 is 6.41. The smallest absolute Gasteiger partial charge is 0.256 e. The average Bonchev–Trinajstić information content (AvgIpc) is 3.38. The summed E-state index contributed by atoms with van der Waals surface area (Å²) in [6.07, 6.45) is -0.791. The predicted octanol–water partition coefficient (Wildman–Crippen LogP) is 4.53. The molecule has 0 spiro atoms. The number of hydrogen-bond acceptors (Lipinski definition) is 4. The number of nitrogens with zero attached hydrogens (tertiary/aromatic N) is 4. The second kappa shape index (κ2) is 8.49. The molecule has 0 bridgehead atoms. The van der Waals surface area contributed by atoms with Gasteiger partial charge in [-0.15, -0.1) is 0 Å². The highest BCUT2D eigenvalue weighted by Crippen LogP contribution is 2.38. The van der Waals surface area contributed by atoms with Crippen molar-refractivity contribution in [3.63, 3.8) is 0 Å². The zero-order valence-corrected chi connectivity index (χ0v) is 19.6. The van der Waals surface area contributed by atoms with Crippen LogP contribution in [0, 0.1) is 0 Å². The van der Waals surface area contributed by atoms with Crippen LogP contribution in [0.4, 0.5) is 8.78 Å². The van der Waals surface area contributed by atoms with Gasteiger partial charge in [0.1, 0.15) is 17.9 Å². The molecule has 1 fully saturated rings. The Morgan fingerprint density at radius 1 is 1.23 bits per heavy atom. The van der Waals surface area contributed by atoms with Crippen LogP contribution in [0.15, 0.2) is 36.4 Å². The lowest BCUT2D eigenvalue weighted by Gasteiger charge is -2.31. The van der Waals surface area contributed by atoms with E-state index >= 15 is 0 Å². The first-order valence-electron chi connectivity index (χ1n) is 11.7. The highest BCUT2D eigenvalue weighted by molar-refractivity contribution is 6.35. The van der Waals surface area contributed by atoms with Crippen molar-refractivity contribution in [2.24, 2.45) is 5.73 Å². The summed E-state index contributed by atoms with van der Waals surface area (Å²) in [5, 5.41) is 1.17. The maximum absolute atomic E-state index is 13.6. The molecular weight excluding hydrogens is 476 g/mol. The molecule has 182 valence electrons. The van der Waals surface area contributed by atoms with Gasteiger partial charge in [0.2, 0.25) is 0 Å². The minimum atomic E-state index is -2.56. The summed E-state index contributed by atoms with van der Waals surface area (Å²) in [6.45, 7) is 1.56. The number of benzene rings is 2. The van der Waals surface area contributed by atoms with Crippen molar-refractivity contribution in [1.29, 1.82) is 0 Å². The molecule has 10 heteroatoms. The third kappa shape index (κ3) is 3.73. The molecule has 2 aliphatic rings. The Hall–Kier alpha value is -3.17. The van der Waals surface area contributed by atoms with Gasteiger partial charge in [-0.05, 0) is 37.1 Å². The second-order valence-electron chi connectivity index (χ2n) is 9.14. The van der Waals surface area contributed by atoms with E-state index in [0.29, 0.717) is 65.1 Å². The quantitative estimate of drug-likeness (QED) is 0.447. The highest BCUT2D eigenvalue weighted by atomic mass is 35.5. The average molecular weight is 500 g/mol. The Bertz CT molecular complexity index is 1460. The number of rotatable bonds is 4. The largest absolute Gasteiger partial charge is 0.489 e. The van der Waals surface area contributed by atoms with Crippen LogP contribution in [0.3, 0.4) is 0 Å². The lowest BCUT2D eigenvalue weighted by Crippen LogP contribution is -2.45. The number of carbonyl (C=O) groups excluding carboxylic acids is 1. The molecule has 2 aromatic heterocycles.